The molecule has 0 aliphatic heterocycles. The maximum atomic E-state index is 9.96. The van der Waals surface area contributed by atoms with Crippen molar-refractivity contribution in [2.45, 2.75) is 6.92 Å². The maximum absolute atomic E-state index is 9.96. The number of aromatic carboxylic acids is 1. The number of aromatic amines is 1. The van der Waals surface area contributed by atoms with Gasteiger partial charge in [-0.05, 0) is 6.92 Å². The van der Waals surface area contributed by atoms with E-state index in [9.17, 15) is 9.90 Å². The molecule has 0 radical (unpaired) electrons. The first-order valence-corrected chi connectivity index (χ1v) is 2.30. The number of hydrogen-bond acceptors (Lipinski definition) is 4. The Labute approximate surface area is 69.0 Å². The molecule has 0 fully saturated rings. The molecule has 48 valence electrons. The average molecular weight is 133 g/mol. The molecule has 0 bridgehead atoms. The van der Waals surface area contributed by atoms with Gasteiger partial charge in [-0.15, -0.1) is 0 Å². The molecule has 1 aromatic rings. The van der Waals surface area contributed by atoms with Crippen LogP contribution in [0.1, 0.15) is 16.4 Å². The molecule has 5 nitrogen and oxygen atoms in total. The molecule has 0 aliphatic rings. The van der Waals surface area contributed by atoms with Gasteiger partial charge in [0.05, 0.1) is 0 Å². The van der Waals surface area contributed by atoms with Gasteiger partial charge in [-0.3, -0.25) is 5.10 Å². The van der Waals surface area contributed by atoms with Crippen molar-refractivity contribution in [1.82, 2.24) is 15.2 Å². The Bertz CT molecular complexity index is 234. The van der Waals surface area contributed by atoms with Crippen LogP contribution < -0.4 is 24.0 Å². The van der Waals surface area contributed by atoms with Crippen LogP contribution in [0.25, 0.3) is 0 Å². The second-order valence-electron chi connectivity index (χ2n) is 1.53. The fourth-order valence-electron chi connectivity index (χ4n) is 0.434. The number of nitrogens with zero attached hydrogens (tertiary/aromatic N) is 2. The molecule has 0 spiro atoms. The summed E-state index contributed by atoms with van der Waals surface area (Å²) in [5.41, 5.74) is 0. The Balaban J connectivity index is 0.000000810. The molecule has 0 saturated heterocycles. The molecule has 0 saturated carbocycles. The van der Waals surface area contributed by atoms with Gasteiger partial charge in [-0.1, -0.05) is 0 Å². The summed E-state index contributed by atoms with van der Waals surface area (Å²) in [5, 5.41) is 15.6. The molecule has 0 amide bonds. The van der Waals surface area contributed by atoms with Crippen molar-refractivity contribution >= 4 is 5.97 Å². The first kappa shape index (κ1) is 9.21. The molecule has 0 atom stereocenters. The SMILES string of the molecule is Cc1nc(C(=O)[O-])n[nH]1.[Li+]. The zero-order chi connectivity index (χ0) is 6.85. The van der Waals surface area contributed by atoms with Gasteiger partial charge in [-0.2, -0.15) is 5.10 Å². The standard InChI is InChI=1S/C4H5N3O2.Li/c1-2-5-3(4(8)9)7-6-2;/h1H3,(H,8,9)(H,5,6,7);/q;+1/p-1. The zero-order valence-corrected chi connectivity index (χ0v) is 5.71. The number of rotatable bonds is 1. The minimum Gasteiger partial charge on any atom is -0.541 e. The van der Waals surface area contributed by atoms with Gasteiger partial charge in [0.15, 0.2) is 5.82 Å². The first-order valence-electron chi connectivity index (χ1n) is 2.30. The van der Waals surface area contributed by atoms with Gasteiger partial charge in [0.1, 0.15) is 11.8 Å². The largest absolute Gasteiger partial charge is 1.00 e. The maximum Gasteiger partial charge on any atom is 1.00 e. The number of carboxylic acids is 1. The zero-order valence-electron chi connectivity index (χ0n) is 5.71. The molecule has 6 heteroatoms. The van der Waals surface area contributed by atoms with Crippen LogP contribution in [0.5, 0.6) is 0 Å². The van der Waals surface area contributed by atoms with E-state index in [2.05, 4.69) is 15.2 Å². The van der Waals surface area contributed by atoms with E-state index in [-0.39, 0.29) is 24.7 Å². The number of aromatic nitrogens is 3. The van der Waals surface area contributed by atoms with Gasteiger partial charge < -0.3 is 9.90 Å². The van der Waals surface area contributed by atoms with Crippen molar-refractivity contribution in [2.24, 2.45) is 0 Å². The third kappa shape index (κ3) is 1.86. The first-order chi connectivity index (χ1) is 4.20. The third-order valence-electron chi connectivity index (χ3n) is 0.780. The summed E-state index contributed by atoms with van der Waals surface area (Å²) in [6, 6.07) is 0. The molecule has 0 unspecified atom stereocenters. The number of carbonyl (C=O) groups excluding carboxylic acids is 1. The topological polar surface area (TPSA) is 81.7 Å². The quantitative estimate of drug-likeness (QED) is 0.391. The number of hydrogen-bond donors (Lipinski definition) is 1. The second-order valence-corrected chi connectivity index (χ2v) is 1.53. The Hall–Kier alpha value is -0.793. The van der Waals surface area contributed by atoms with Crippen LogP contribution >= 0.6 is 0 Å². The molecule has 0 aliphatic carbocycles. The molecular weight excluding hydrogens is 129 g/mol. The van der Waals surface area contributed by atoms with E-state index < -0.39 is 5.97 Å². The number of carbonyl (C=O) groups is 1. The van der Waals surface area contributed by atoms with Gasteiger partial charge in [0.25, 0.3) is 0 Å². The van der Waals surface area contributed by atoms with E-state index in [0.29, 0.717) is 5.82 Å². The van der Waals surface area contributed by atoms with E-state index in [1.165, 1.54) is 0 Å². The molecular formula is C4H4LiN3O2. The Kier molecular flexibility index (Phi) is 3.13. The van der Waals surface area contributed by atoms with E-state index in [0.717, 1.165) is 0 Å². The fraction of sp³-hybridized carbons (Fsp3) is 0.250. The second kappa shape index (κ2) is 3.39. The summed E-state index contributed by atoms with van der Waals surface area (Å²) < 4.78 is 0. The van der Waals surface area contributed by atoms with E-state index >= 15 is 0 Å². The fourth-order valence-corrected chi connectivity index (χ4v) is 0.434. The smallest absolute Gasteiger partial charge is 0.541 e. The predicted octanol–water partition coefficient (Wildman–Crippen LogP) is -4.52. The Morgan fingerprint density at radius 2 is 2.30 bits per heavy atom. The van der Waals surface area contributed by atoms with Crippen LogP contribution in [0.15, 0.2) is 0 Å². The van der Waals surface area contributed by atoms with Gasteiger partial charge in [-0.25, -0.2) is 4.98 Å². The molecule has 1 heterocycles. The van der Waals surface area contributed by atoms with Crippen LogP contribution in [0.3, 0.4) is 0 Å². The number of aryl methyl sites for hydroxylation is 1. The Morgan fingerprint density at radius 3 is 2.50 bits per heavy atom. The number of H-pyrrole nitrogens is 1. The van der Waals surface area contributed by atoms with Crippen molar-refractivity contribution in [3.05, 3.63) is 11.6 Å². The Morgan fingerprint density at radius 1 is 1.70 bits per heavy atom. The third-order valence-corrected chi connectivity index (χ3v) is 0.780. The van der Waals surface area contributed by atoms with Crippen molar-refractivity contribution in [3.8, 4) is 0 Å². The summed E-state index contributed by atoms with van der Waals surface area (Å²) in [6.45, 7) is 1.61. The summed E-state index contributed by atoms with van der Waals surface area (Å²) in [7, 11) is 0. The number of carboxylic acid groups (broad SMARTS) is 1. The summed E-state index contributed by atoms with van der Waals surface area (Å²) in [6.07, 6.45) is 0. The van der Waals surface area contributed by atoms with Crippen molar-refractivity contribution < 1.29 is 28.8 Å². The predicted molar refractivity (Wildman–Crippen MR) is 25.5 cm³/mol. The minimum atomic E-state index is -1.36. The van der Waals surface area contributed by atoms with E-state index in [1.807, 2.05) is 0 Å². The summed E-state index contributed by atoms with van der Waals surface area (Å²) in [4.78, 5) is 13.4. The normalized spacial score (nSPS) is 8.50. The van der Waals surface area contributed by atoms with Gasteiger partial charge >= 0.3 is 18.9 Å². The monoisotopic (exact) mass is 133 g/mol. The molecule has 1 rings (SSSR count). The van der Waals surface area contributed by atoms with Crippen LogP contribution in [0, 0.1) is 6.92 Å². The average Bonchev–Trinajstić information content (AvgIpc) is 2.14. The number of nitrogens with one attached hydrogen (secondary N) is 1. The molecule has 0 aromatic carbocycles. The van der Waals surface area contributed by atoms with E-state index in [4.69, 9.17) is 0 Å². The molecule has 1 N–H and O–H groups in total. The molecule has 10 heavy (non-hydrogen) atoms. The van der Waals surface area contributed by atoms with Crippen LogP contribution in [-0.2, 0) is 0 Å². The summed E-state index contributed by atoms with van der Waals surface area (Å²) in [5.74, 6) is -1.19. The molecule has 1 aromatic heterocycles. The van der Waals surface area contributed by atoms with Crippen molar-refractivity contribution in [1.29, 1.82) is 0 Å². The van der Waals surface area contributed by atoms with Crippen LogP contribution in [-0.4, -0.2) is 21.2 Å². The minimum absolute atomic E-state index is 0. The van der Waals surface area contributed by atoms with Gasteiger partial charge in [0, 0.05) is 0 Å². The van der Waals surface area contributed by atoms with Crippen LogP contribution in [0.2, 0.25) is 0 Å². The van der Waals surface area contributed by atoms with Crippen LogP contribution in [0.4, 0.5) is 0 Å². The van der Waals surface area contributed by atoms with E-state index in [1.54, 1.807) is 6.92 Å². The van der Waals surface area contributed by atoms with Crippen molar-refractivity contribution in [3.63, 3.8) is 0 Å². The van der Waals surface area contributed by atoms with Gasteiger partial charge in [0.2, 0.25) is 0 Å². The van der Waals surface area contributed by atoms with Crippen molar-refractivity contribution in [2.75, 3.05) is 0 Å². The summed E-state index contributed by atoms with van der Waals surface area (Å²) >= 11 is 0.